The fraction of sp³-hybridized carbons (Fsp3) is 0.611. The summed E-state index contributed by atoms with van der Waals surface area (Å²) in [5.74, 6) is -0.143. The number of carbonyl (C=O) groups excluding carboxylic acids is 1. The topological polar surface area (TPSA) is 23.6 Å². The summed E-state index contributed by atoms with van der Waals surface area (Å²) in [7, 11) is 4.30. The van der Waals surface area contributed by atoms with Crippen LogP contribution in [0.1, 0.15) is 31.2 Å². The highest BCUT2D eigenvalue weighted by atomic mass is 19.1. The van der Waals surface area contributed by atoms with E-state index in [0.717, 1.165) is 37.5 Å². The number of hydrogen-bond acceptors (Lipinski definition) is 2. The zero-order valence-electron chi connectivity index (χ0n) is 13.5. The van der Waals surface area contributed by atoms with Crippen molar-refractivity contribution in [3.8, 4) is 0 Å². The minimum atomic E-state index is -0.271. The van der Waals surface area contributed by atoms with Crippen LogP contribution in [0.4, 0.5) is 4.39 Å². The van der Waals surface area contributed by atoms with E-state index in [2.05, 4.69) is 19.0 Å². The van der Waals surface area contributed by atoms with Gasteiger partial charge in [0, 0.05) is 19.1 Å². The van der Waals surface area contributed by atoms with Crippen LogP contribution in [0.3, 0.4) is 0 Å². The molecule has 0 bridgehead atoms. The molecule has 1 saturated carbocycles. The lowest BCUT2D eigenvalue weighted by molar-refractivity contribution is -0.134. The van der Waals surface area contributed by atoms with Crippen LogP contribution in [0.2, 0.25) is 0 Å². The standard InChI is InChI=1S/C18H25FN2O/c1-20(2)16-12-18(13-16)6-8-21(9-7-18)17(22)11-14-4-3-5-15(19)10-14/h3-5,10,16H,6-9,11-13H2,1-2H3. The van der Waals surface area contributed by atoms with Gasteiger partial charge in [-0.25, -0.2) is 4.39 Å². The number of hydrogen-bond donors (Lipinski definition) is 0. The van der Waals surface area contributed by atoms with Crippen LogP contribution in [0.25, 0.3) is 0 Å². The normalized spacial score (nSPS) is 21.2. The maximum absolute atomic E-state index is 13.2. The molecule has 3 rings (SSSR count). The van der Waals surface area contributed by atoms with Gasteiger partial charge in [-0.05, 0) is 62.9 Å². The Hall–Kier alpha value is -1.42. The van der Waals surface area contributed by atoms with E-state index >= 15 is 0 Å². The summed E-state index contributed by atoms with van der Waals surface area (Å²) >= 11 is 0. The number of piperidine rings is 1. The molecule has 2 fully saturated rings. The molecule has 4 heteroatoms. The molecule has 120 valence electrons. The number of rotatable bonds is 3. The average molecular weight is 304 g/mol. The molecule has 3 nitrogen and oxygen atoms in total. The summed E-state index contributed by atoms with van der Waals surface area (Å²) in [6.07, 6.45) is 5.08. The first-order chi connectivity index (χ1) is 10.5. The Morgan fingerprint density at radius 3 is 2.59 bits per heavy atom. The van der Waals surface area contributed by atoms with E-state index in [1.807, 2.05) is 11.0 Å². The van der Waals surface area contributed by atoms with Gasteiger partial charge in [-0.15, -0.1) is 0 Å². The fourth-order valence-corrected chi connectivity index (χ4v) is 3.88. The predicted molar refractivity (Wildman–Crippen MR) is 85.1 cm³/mol. The van der Waals surface area contributed by atoms with Gasteiger partial charge < -0.3 is 9.80 Å². The molecule has 2 aliphatic rings. The van der Waals surface area contributed by atoms with Crippen molar-refractivity contribution in [1.29, 1.82) is 0 Å². The molecular formula is C18H25FN2O. The molecule has 1 aliphatic heterocycles. The molecule has 0 unspecified atom stereocenters. The summed E-state index contributed by atoms with van der Waals surface area (Å²) in [5, 5.41) is 0. The van der Waals surface area contributed by atoms with Gasteiger partial charge >= 0.3 is 0 Å². The van der Waals surface area contributed by atoms with Crippen molar-refractivity contribution >= 4 is 5.91 Å². The number of amides is 1. The monoisotopic (exact) mass is 304 g/mol. The Balaban J connectivity index is 1.50. The summed E-state index contributed by atoms with van der Waals surface area (Å²) in [6, 6.07) is 7.07. The highest BCUT2D eigenvalue weighted by Gasteiger charge is 2.46. The third-order valence-corrected chi connectivity index (χ3v) is 5.49. The van der Waals surface area contributed by atoms with E-state index in [4.69, 9.17) is 0 Å². The third-order valence-electron chi connectivity index (χ3n) is 5.49. The van der Waals surface area contributed by atoms with Gasteiger partial charge in [-0.3, -0.25) is 4.79 Å². The van der Waals surface area contributed by atoms with Crippen LogP contribution in [-0.4, -0.2) is 48.9 Å². The first-order valence-electron chi connectivity index (χ1n) is 8.16. The SMILES string of the molecule is CN(C)C1CC2(CCN(C(=O)Cc3cccc(F)c3)CC2)C1. The second-order valence-corrected chi connectivity index (χ2v) is 7.21. The number of halogens is 1. The number of likely N-dealkylation sites (tertiary alicyclic amines) is 1. The predicted octanol–water partition coefficient (Wildman–Crippen LogP) is 2.70. The van der Waals surface area contributed by atoms with Crippen molar-refractivity contribution in [2.45, 2.75) is 38.1 Å². The molecule has 1 amide bonds. The lowest BCUT2D eigenvalue weighted by atomic mass is 9.60. The van der Waals surface area contributed by atoms with E-state index in [1.165, 1.54) is 25.0 Å². The summed E-state index contributed by atoms with van der Waals surface area (Å²) < 4.78 is 13.2. The maximum Gasteiger partial charge on any atom is 0.226 e. The van der Waals surface area contributed by atoms with Crippen LogP contribution < -0.4 is 0 Å². The zero-order chi connectivity index (χ0) is 15.7. The number of nitrogens with zero attached hydrogens (tertiary/aromatic N) is 2. The molecular weight excluding hydrogens is 279 g/mol. The molecule has 1 heterocycles. The van der Waals surface area contributed by atoms with Crippen molar-refractivity contribution in [3.05, 3.63) is 35.6 Å². The summed E-state index contributed by atoms with van der Waals surface area (Å²) in [5.41, 5.74) is 1.24. The second kappa shape index (κ2) is 5.99. The van der Waals surface area contributed by atoms with E-state index in [0.29, 0.717) is 11.8 Å². The highest BCUT2D eigenvalue weighted by Crippen LogP contribution is 2.50. The molecule has 1 aromatic rings. The smallest absolute Gasteiger partial charge is 0.226 e. The Bertz CT molecular complexity index is 542. The zero-order valence-corrected chi connectivity index (χ0v) is 13.5. The third kappa shape index (κ3) is 3.17. The van der Waals surface area contributed by atoms with Gasteiger partial charge in [0.1, 0.15) is 5.82 Å². The largest absolute Gasteiger partial charge is 0.342 e. The van der Waals surface area contributed by atoms with Gasteiger partial charge in [-0.2, -0.15) is 0 Å². The van der Waals surface area contributed by atoms with Gasteiger partial charge in [0.2, 0.25) is 5.91 Å². The molecule has 0 atom stereocenters. The van der Waals surface area contributed by atoms with Crippen molar-refractivity contribution < 1.29 is 9.18 Å². The van der Waals surface area contributed by atoms with Gasteiger partial charge in [-0.1, -0.05) is 12.1 Å². The Labute approximate surface area is 132 Å². The first-order valence-corrected chi connectivity index (χ1v) is 8.16. The van der Waals surface area contributed by atoms with E-state index in [-0.39, 0.29) is 11.7 Å². The van der Waals surface area contributed by atoms with Gasteiger partial charge in [0.05, 0.1) is 6.42 Å². The van der Waals surface area contributed by atoms with Crippen LogP contribution in [0, 0.1) is 11.2 Å². The minimum absolute atomic E-state index is 0.129. The molecule has 0 aromatic heterocycles. The van der Waals surface area contributed by atoms with Gasteiger partial charge in [0.25, 0.3) is 0 Å². The second-order valence-electron chi connectivity index (χ2n) is 7.21. The number of carbonyl (C=O) groups is 1. The van der Waals surface area contributed by atoms with E-state index in [9.17, 15) is 9.18 Å². The molecule has 0 N–H and O–H groups in total. The molecule has 22 heavy (non-hydrogen) atoms. The Morgan fingerprint density at radius 2 is 2.00 bits per heavy atom. The Morgan fingerprint density at radius 1 is 1.32 bits per heavy atom. The number of benzene rings is 1. The van der Waals surface area contributed by atoms with E-state index in [1.54, 1.807) is 6.07 Å². The van der Waals surface area contributed by atoms with E-state index < -0.39 is 0 Å². The maximum atomic E-state index is 13.2. The first kappa shape index (κ1) is 15.5. The Kier molecular flexibility index (Phi) is 4.22. The van der Waals surface area contributed by atoms with Crippen molar-refractivity contribution in [2.24, 2.45) is 5.41 Å². The molecule has 1 aliphatic carbocycles. The van der Waals surface area contributed by atoms with Crippen molar-refractivity contribution in [2.75, 3.05) is 27.2 Å². The van der Waals surface area contributed by atoms with Crippen LogP contribution in [0.15, 0.2) is 24.3 Å². The molecule has 1 saturated heterocycles. The molecule has 0 radical (unpaired) electrons. The van der Waals surface area contributed by atoms with Crippen LogP contribution in [0.5, 0.6) is 0 Å². The highest BCUT2D eigenvalue weighted by molar-refractivity contribution is 5.78. The van der Waals surface area contributed by atoms with Crippen molar-refractivity contribution in [3.63, 3.8) is 0 Å². The average Bonchev–Trinajstić information content (AvgIpc) is 2.44. The minimum Gasteiger partial charge on any atom is -0.342 e. The lowest BCUT2D eigenvalue weighted by Crippen LogP contribution is -2.54. The van der Waals surface area contributed by atoms with Crippen LogP contribution >= 0.6 is 0 Å². The lowest BCUT2D eigenvalue weighted by Gasteiger charge is -2.54. The fourth-order valence-electron chi connectivity index (χ4n) is 3.88. The van der Waals surface area contributed by atoms with Crippen LogP contribution in [-0.2, 0) is 11.2 Å². The molecule has 1 spiro atoms. The van der Waals surface area contributed by atoms with Crippen molar-refractivity contribution in [1.82, 2.24) is 9.80 Å². The summed E-state index contributed by atoms with van der Waals surface area (Å²) in [6.45, 7) is 1.71. The quantitative estimate of drug-likeness (QED) is 0.857. The van der Waals surface area contributed by atoms with Gasteiger partial charge in [0.15, 0.2) is 0 Å². The summed E-state index contributed by atoms with van der Waals surface area (Å²) in [4.78, 5) is 16.6. The molecule has 1 aromatic carbocycles.